The fraction of sp³-hybridized carbons (Fsp3) is 0.956. The topological polar surface area (TPSA) is 76.1 Å². The summed E-state index contributed by atoms with van der Waals surface area (Å²) in [5, 5.41) is 9.39. The highest BCUT2D eigenvalue weighted by molar-refractivity contribution is 5.69. The number of aliphatic hydroxyl groups is 1. The predicted octanol–water partition coefficient (Wildman–Crippen LogP) is 13.0. The third-order valence-electron chi connectivity index (χ3n) is 10.1. The number of unbranched alkanes of at least 4 members (excludes halogenated alkanes) is 25. The molecule has 0 fully saturated rings. The first-order valence-electron chi connectivity index (χ1n) is 22.5. The summed E-state index contributed by atoms with van der Waals surface area (Å²) in [5.41, 5.74) is 0. The molecule has 0 saturated heterocycles. The van der Waals surface area contributed by atoms with Crippen LogP contribution in [0.3, 0.4) is 0 Å². The lowest BCUT2D eigenvalue weighted by molar-refractivity contribution is -0.150. The van der Waals surface area contributed by atoms with Crippen LogP contribution in [0.5, 0.6) is 0 Å². The van der Waals surface area contributed by atoms with Gasteiger partial charge in [-0.2, -0.15) is 0 Å². The van der Waals surface area contributed by atoms with Gasteiger partial charge in [0.2, 0.25) is 0 Å². The van der Waals surface area contributed by atoms with E-state index in [0.717, 1.165) is 83.9 Å². The third kappa shape index (κ3) is 45.1. The Balaban J connectivity index is 0. The summed E-state index contributed by atoms with van der Waals surface area (Å²) in [5.74, 6) is 0.0160. The minimum atomic E-state index is 0.0160. The first-order chi connectivity index (χ1) is 25.1. The van der Waals surface area contributed by atoms with Gasteiger partial charge in [-0.15, -0.1) is 0 Å². The highest BCUT2D eigenvalue weighted by Gasteiger charge is 2.14. The first kappa shape index (κ1) is 52.1. The fourth-order valence-corrected chi connectivity index (χ4v) is 6.72. The van der Waals surface area contributed by atoms with Gasteiger partial charge in [0.1, 0.15) is 12.4 Å². The third-order valence-corrected chi connectivity index (χ3v) is 10.1. The molecule has 1 N–H and O–H groups in total. The van der Waals surface area contributed by atoms with E-state index in [2.05, 4.69) is 25.7 Å². The number of carbonyl (C=O) groups excluding carboxylic acids is 2. The zero-order valence-electron chi connectivity index (χ0n) is 35.1. The van der Waals surface area contributed by atoms with Crippen molar-refractivity contribution in [2.24, 2.45) is 0 Å². The number of rotatable bonds is 41. The molecule has 306 valence electrons. The summed E-state index contributed by atoms with van der Waals surface area (Å²) in [6.07, 6.45) is 40.7. The lowest BCUT2D eigenvalue weighted by Crippen LogP contribution is -2.29. The second-order valence-electron chi connectivity index (χ2n) is 15.1. The SMILES string of the molecule is CCCCCCCCC(CCCCCCCC)OC(=O)CCCCCCCN(CCO)CCCCCCCC=O.CCCCCCCCCOC. The van der Waals surface area contributed by atoms with Crippen LogP contribution in [0.2, 0.25) is 0 Å². The van der Waals surface area contributed by atoms with Crippen LogP contribution in [0.25, 0.3) is 0 Å². The Morgan fingerprint density at radius 2 is 0.961 bits per heavy atom. The Morgan fingerprint density at radius 3 is 1.41 bits per heavy atom. The van der Waals surface area contributed by atoms with Crippen molar-refractivity contribution < 1.29 is 24.2 Å². The second-order valence-corrected chi connectivity index (χ2v) is 15.1. The monoisotopic (exact) mass is 726 g/mol. The molecule has 0 aliphatic rings. The number of methoxy groups -OCH3 is 1. The molecule has 0 bridgehead atoms. The highest BCUT2D eigenvalue weighted by atomic mass is 16.5. The lowest BCUT2D eigenvalue weighted by Gasteiger charge is -2.21. The Bertz CT molecular complexity index is 637. The molecular formula is C45H91NO5. The van der Waals surface area contributed by atoms with E-state index in [1.54, 1.807) is 7.11 Å². The van der Waals surface area contributed by atoms with Crippen molar-refractivity contribution in [3.05, 3.63) is 0 Å². The Morgan fingerprint density at radius 1 is 0.549 bits per heavy atom. The van der Waals surface area contributed by atoms with Gasteiger partial charge in [0.25, 0.3) is 0 Å². The van der Waals surface area contributed by atoms with Gasteiger partial charge in [-0.1, -0.05) is 162 Å². The summed E-state index contributed by atoms with van der Waals surface area (Å²) in [6.45, 7) is 10.8. The van der Waals surface area contributed by atoms with E-state index in [4.69, 9.17) is 9.47 Å². The molecule has 0 aromatic carbocycles. The standard InChI is InChI=1S/C35H69NO4.C10H22O/c1-3-5-7-9-14-20-26-34(27-21-15-10-8-6-4-2)40-35(39)28-22-16-13-18-24-30-36(31-33-38)29-23-17-11-12-19-25-32-37;1-3-4-5-6-7-8-9-10-11-2/h32,34,38H,3-31,33H2,1-2H3;3-10H2,1-2H3. The van der Waals surface area contributed by atoms with Crippen LogP contribution in [0.1, 0.15) is 233 Å². The highest BCUT2D eigenvalue weighted by Crippen LogP contribution is 2.18. The molecule has 0 rings (SSSR count). The van der Waals surface area contributed by atoms with Crippen molar-refractivity contribution in [1.29, 1.82) is 0 Å². The molecule has 0 amide bonds. The average Bonchev–Trinajstić information content (AvgIpc) is 3.13. The minimum Gasteiger partial charge on any atom is -0.462 e. The van der Waals surface area contributed by atoms with E-state index in [1.165, 1.54) is 148 Å². The van der Waals surface area contributed by atoms with Gasteiger partial charge < -0.3 is 24.3 Å². The summed E-state index contributed by atoms with van der Waals surface area (Å²) in [7, 11) is 1.77. The lowest BCUT2D eigenvalue weighted by atomic mass is 10.0. The molecule has 6 nitrogen and oxygen atoms in total. The van der Waals surface area contributed by atoms with Crippen molar-refractivity contribution >= 4 is 12.3 Å². The van der Waals surface area contributed by atoms with E-state index < -0.39 is 0 Å². The average molecular weight is 726 g/mol. The molecule has 0 aromatic rings. The first-order valence-corrected chi connectivity index (χ1v) is 22.5. The van der Waals surface area contributed by atoms with Crippen LogP contribution in [0.15, 0.2) is 0 Å². The van der Waals surface area contributed by atoms with Crippen LogP contribution in [0.4, 0.5) is 0 Å². The number of ether oxygens (including phenoxy) is 2. The van der Waals surface area contributed by atoms with Crippen molar-refractivity contribution in [3.63, 3.8) is 0 Å². The maximum Gasteiger partial charge on any atom is 0.306 e. The van der Waals surface area contributed by atoms with Gasteiger partial charge in [0.15, 0.2) is 0 Å². The van der Waals surface area contributed by atoms with Crippen LogP contribution in [-0.2, 0) is 19.1 Å². The number of carbonyl (C=O) groups is 2. The van der Waals surface area contributed by atoms with E-state index in [0.29, 0.717) is 12.8 Å². The maximum absolute atomic E-state index is 12.6. The second kappa shape index (κ2) is 47.0. The molecule has 0 atom stereocenters. The molecular weight excluding hydrogens is 634 g/mol. The smallest absolute Gasteiger partial charge is 0.306 e. The van der Waals surface area contributed by atoms with E-state index in [1.807, 2.05) is 0 Å². The Kier molecular flexibility index (Phi) is 48.1. The van der Waals surface area contributed by atoms with Crippen LogP contribution >= 0.6 is 0 Å². The van der Waals surface area contributed by atoms with Gasteiger partial charge in [0, 0.05) is 33.1 Å². The van der Waals surface area contributed by atoms with Crippen LogP contribution in [-0.4, -0.2) is 68.3 Å². The fourth-order valence-electron chi connectivity index (χ4n) is 6.72. The normalized spacial score (nSPS) is 11.3. The molecule has 0 unspecified atom stereocenters. The summed E-state index contributed by atoms with van der Waals surface area (Å²) in [6, 6.07) is 0. The number of nitrogens with zero attached hydrogens (tertiary/aromatic N) is 1. The van der Waals surface area contributed by atoms with Crippen LogP contribution in [0, 0.1) is 0 Å². The predicted molar refractivity (Wildman–Crippen MR) is 221 cm³/mol. The van der Waals surface area contributed by atoms with E-state index in [9.17, 15) is 14.7 Å². The van der Waals surface area contributed by atoms with Crippen molar-refractivity contribution in [2.75, 3.05) is 40.0 Å². The number of aldehydes is 1. The van der Waals surface area contributed by atoms with Crippen molar-refractivity contribution in [1.82, 2.24) is 4.90 Å². The van der Waals surface area contributed by atoms with Crippen molar-refractivity contribution in [2.45, 2.75) is 239 Å². The molecule has 0 aromatic heterocycles. The largest absolute Gasteiger partial charge is 0.462 e. The Labute approximate surface area is 319 Å². The number of aliphatic hydroxyl groups excluding tert-OH is 1. The van der Waals surface area contributed by atoms with Gasteiger partial charge in [-0.3, -0.25) is 4.79 Å². The summed E-state index contributed by atoms with van der Waals surface area (Å²) in [4.78, 5) is 25.3. The van der Waals surface area contributed by atoms with Crippen LogP contribution < -0.4 is 0 Å². The Hall–Kier alpha value is -0.980. The molecule has 6 heteroatoms. The quantitative estimate of drug-likeness (QED) is 0.0384. The summed E-state index contributed by atoms with van der Waals surface area (Å²) < 4.78 is 11.0. The molecule has 0 radical (unpaired) electrons. The molecule has 0 aliphatic carbocycles. The minimum absolute atomic E-state index is 0.0160. The zero-order valence-corrected chi connectivity index (χ0v) is 35.1. The molecule has 0 saturated carbocycles. The van der Waals surface area contributed by atoms with Gasteiger partial charge in [0.05, 0.1) is 6.61 Å². The maximum atomic E-state index is 12.6. The molecule has 51 heavy (non-hydrogen) atoms. The van der Waals surface area contributed by atoms with E-state index >= 15 is 0 Å². The van der Waals surface area contributed by atoms with Crippen molar-refractivity contribution in [3.8, 4) is 0 Å². The van der Waals surface area contributed by atoms with Gasteiger partial charge in [-0.05, 0) is 70.9 Å². The number of hydrogen-bond donors (Lipinski definition) is 1. The molecule has 0 spiro atoms. The van der Waals surface area contributed by atoms with Gasteiger partial charge in [-0.25, -0.2) is 0 Å². The van der Waals surface area contributed by atoms with E-state index in [-0.39, 0.29) is 18.7 Å². The molecule has 0 heterocycles. The van der Waals surface area contributed by atoms with Gasteiger partial charge >= 0.3 is 5.97 Å². The number of hydrogen-bond acceptors (Lipinski definition) is 6. The zero-order chi connectivity index (χ0) is 37.7. The molecule has 0 aliphatic heterocycles. The summed E-state index contributed by atoms with van der Waals surface area (Å²) >= 11 is 0. The number of esters is 1.